The minimum absolute atomic E-state index is 0.149. The molecule has 2 atom stereocenters. The number of hydrogen-bond donors (Lipinski definition) is 1. The lowest BCUT2D eigenvalue weighted by atomic mass is 9.80. The molecule has 0 spiro atoms. The summed E-state index contributed by atoms with van der Waals surface area (Å²) < 4.78 is 13.9. The maximum absolute atomic E-state index is 13.9. The topological polar surface area (TPSA) is 29.1 Å². The van der Waals surface area contributed by atoms with Crippen molar-refractivity contribution >= 4 is 21.8 Å². The molecule has 2 nitrogen and oxygen atoms in total. The van der Waals surface area contributed by atoms with Crippen molar-refractivity contribution in [3.05, 3.63) is 35.1 Å². The fraction of sp³-hybridized carbons (Fsp3) is 0.562. The van der Waals surface area contributed by atoms with Gasteiger partial charge in [0.15, 0.2) is 0 Å². The Labute approximate surface area is 128 Å². The normalized spacial score (nSPS) is 22.6. The SMILES string of the molecule is Cc1cccc(C(=O)NCC2CCCCC2CBr)c1F. The van der Waals surface area contributed by atoms with Crippen molar-refractivity contribution in [3.8, 4) is 0 Å². The molecule has 1 aromatic rings. The molecule has 1 fully saturated rings. The molecule has 1 N–H and O–H groups in total. The molecule has 1 amide bonds. The zero-order valence-electron chi connectivity index (χ0n) is 11.8. The Morgan fingerprint density at radius 1 is 1.35 bits per heavy atom. The molecule has 2 unspecified atom stereocenters. The molecular weight excluding hydrogens is 321 g/mol. The Bertz CT molecular complexity index is 478. The second kappa shape index (κ2) is 7.21. The van der Waals surface area contributed by atoms with Gasteiger partial charge in [-0.1, -0.05) is 40.9 Å². The van der Waals surface area contributed by atoms with Gasteiger partial charge in [0.1, 0.15) is 5.82 Å². The number of carbonyl (C=O) groups excluding carboxylic acids is 1. The molecule has 20 heavy (non-hydrogen) atoms. The van der Waals surface area contributed by atoms with Crippen molar-refractivity contribution in [3.63, 3.8) is 0 Å². The first-order valence-electron chi connectivity index (χ1n) is 7.22. The quantitative estimate of drug-likeness (QED) is 0.822. The second-order valence-electron chi connectivity index (χ2n) is 5.61. The smallest absolute Gasteiger partial charge is 0.254 e. The molecule has 110 valence electrons. The fourth-order valence-corrected chi connectivity index (χ4v) is 3.75. The van der Waals surface area contributed by atoms with Crippen LogP contribution in [0.4, 0.5) is 4.39 Å². The third-order valence-electron chi connectivity index (χ3n) is 4.23. The Morgan fingerprint density at radius 3 is 2.75 bits per heavy atom. The van der Waals surface area contributed by atoms with Gasteiger partial charge in [0, 0.05) is 11.9 Å². The lowest BCUT2D eigenvalue weighted by Gasteiger charge is -2.30. The predicted molar refractivity (Wildman–Crippen MR) is 82.7 cm³/mol. The second-order valence-corrected chi connectivity index (χ2v) is 6.25. The Kier molecular flexibility index (Phi) is 5.58. The van der Waals surface area contributed by atoms with Crippen LogP contribution in [0.1, 0.15) is 41.6 Å². The van der Waals surface area contributed by atoms with Gasteiger partial charge in [0.05, 0.1) is 5.56 Å². The van der Waals surface area contributed by atoms with Crippen molar-refractivity contribution in [1.29, 1.82) is 0 Å². The zero-order chi connectivity index (χ0) is 14.5. The van der Waals surface area contributed by atoms with Crippen molar-refractivity contribution in [2.24, 2.45) is 11.8 Å². The minimum Gasteiger partial charge on any atom is -0.352 e. The maximum Gasteiger partial charge on any atom is 0.254 e. The zero-order valence-corrected chi connectivity index (χ0v) is 13.4. The van der Waals surface area contributed by atoms with E-state index in [0.29, 0.717) is 23.9 Å². The summed E-state index contributed by atoms with van der Waals surface area (Å²) in [6, 6.07) is 4.93. The molecular formula is C16H21BrFNO. The van der Waals surface area contributed by atoms with Crippen LogP contribution in [0.5, 0.6) is 0 Å². The monoisotopic (exact) mass is 341 g/mol. The van der Waals surface area contributed by atoms with E-state index in [1.54, 1.807) is 25.1 Å². The van der Waals surface area contributed by atoms with Gasteiger partial charge < -0.3 is 5.32 Å². The van der Waals surface area contributed by atoms with E-state index in [0.717, 1.165) is 11.8 Å². The lowest BCUT2D eigenvalue weighted by Crippen LogP contribution is -2.35. The largest absolute Gasteiger partial charge is 0.352 e. The molecule has 0 saturated heterocycles. The van der Waals surface area contributed by atoms with Gasteiger partial charge in [-0.3, -0.25) is 4.79 Å². The molecule has 1 aromatic carbocycles. The van der Waals surface area contributed by atoms with Crippen LogP contribution < -0.4 is 5.32 Å². The van der Waals surface area contributed by atoms with E-state index in [4.69, 9.17) is 0 Å². The molecule has 1 aliphatic rings. The van der Waals surface area contributed by atoms with Crippen molar-refractivity contribution in [1.82, 2.24) is 5.32 Å². The van der Waals surface area contributed by atoms with Gasteiger partial charge in [0.2, 0.25) is 0 Å². The summed E-state index contributed by atoms with van der Waals surface area (Å²) in [4.78, 5) is 12.1. The minimum atomic E-state index is -0.411. The Balaban J connectivity index is 1.96. The number of nitrogens with one attached hydrogen (secondary N) is 1. The average molecular weight is 342 g/mol. The van der Waals surface area contributed by atoms with Crippen LogP contribution in [-0.4, -0.2) is 17.8 Å². The van der Waals surface area contributed by atoms with Crippen LogP contribution in [0, 0.1) is 24.6 Å². The molecule has 2 rings (SSSR count). The van der Waals surface area contributed by atoms with E-state index in [-0.39, 0.29) is 11.5 Å². The number of halogens is 2. The van der Waals surface area contributed by atoms with Gasteiger partial charge in [-0.05, 0) is 43.2 Å². The van der Waals surface area contributed by atoms with Gasteiger partial charge in [0.25, 0.3) is 5.91 Å². The maximum atomic E-state index is 13.9. The molecule has 0 aliphatic heterocycles. The van der Waals surface area contributed by atoms with Crippen molar-refractivity contribution in [2.75, 3.05) is 11.9 Å². The number of rotatable bonds is 4. The number of amides is 1. The molecule has 4 heteroatoms. The first-order chi connectivity index (χ1) is 9.63. The summed E-state index contributed by atoms with van der Waals surface area (Å²) in [5.74, 6) is 0.405. The first kappa shape index (κ1) is 15.5. The summed E-state index contributed by atoms with van der Waals surface area (Å²) in [6.45, 7) is 2.32. The molecule has 0 radical (unpaired) electrons. The summed E-state index contributed by atoms with van der Waals surface area (Å²) in [5, 5.41) is 3.88. The van der Waals surface area contributed by atoms with Crippen LogP contribution in [0.3, 0.4) is 0 Å². The molecule has 1 aliphatic carbocycles. The third-order valence-corrected chi connectivity index (χ3v) is 5.06. The van der Waals surface area contributed by atoms with Gasteiger partial charge in [-0.15, -0.1) is 0 Å². The summed E-state index contributed by atoms with van der Waals surface area (Å²) in [7, 11) is 0. The molecule has 0 bridgehead atoms. The van der Waals surface area contributed by atoms with Crippen LogP contribution in [-0.2, 0) is 0 Å². The highest BCUT2D eigenvalue weighted by molar-refractivity contribution is 9.09. The number of carbonyl (C=O) groups is 1. The van der Waals surface area contributed by atoms with Crippen LogP contribution in [0.25, 0.3) is 0 Å². The first-order valence-corrected chi connectivity index (χ1v) is 8.35. The van der Waals surface area contributed by atoms with Crippen molar-refractivity contribution in [2.45, 2.75) is 32.6 Å². The van der Waals surface area contributed by atoms with Crippen LogP contribution >= 0.6 is 15.9 Å². The number of benzene rings is 1. The van der Waals surface area contributed by atoms with E-state index >= 15 is 0 Å². The Hall–Kier alpha value is -0.900. The van der Waals surface area contributed by atoms with Crippen LogP contribution in [0.15, 0.2) is 18.2 Å². The highest BCUT2D eigenvalue weighted by Crippen LogP contribution is 2.30. The van der Waals surface area contributed by atoms with E-state index in [2.05, 4.69) is 21.2 Å². The molecule has 1 saturated carbocycles. The summed E-state index contributed by atoms with van der Waals surface area (Å²) in [6.07, 6.45) is 4.85. The van der Waals surface area contributed by atoms with Gasteiger partial charge in [-0.25, -0.2) is 4.39 Å². The van der Waals surface area contributed by atoms with Gasteiger partial charge in [-0.2, -0.15) is 0 Å². The summed E-state index contributed by atoms with van der Waals surface area (Å²) >= 11 is 3.55. The molecule has 0 aromatic heterocycles. The number of aryl methyl sites for hydroxylation is 1. The Morgan fingerprint density at radius 2 is 2.05 bits per heavy atom. The third kappa shape index (κ3) is 3.60. The highest BCUT2D eigenvalue weighted by atomic mass is 79.9. The summed E-state index contributed by atoms with van der Waals surface area (Å²) in [5.41, 5.74) is 0.657. The predicted octanol–water partition coefficient (Wildman–Crippen LogP) is 4.07. The van der Waals surface area contributed by atoms with E-state index < -0.39 is 5.82 Å². The van der Waals surface area contributed by atoms with E-state index in [1.165, 1.54) is 19.3 Å². The number of alkyl halides is 1. The number of hydrogen-bond acceptors (Lipinski definition) is 1. The fourth-order valence-electron chi connectivity index (χ4n) is 2.90. The van der Waals surface area contributed by atoms with Crippen LogP contribution in [0.2, 0.25) is 0 Å². The highest BCUT2D eigenvalue weighted by Gasteiger charge is 2.25. The van der Waals surface area contributed by atoms with Gasteiger partial charge >= 0.3 is 0 Å². The average Bonchev–Trinajstić information content (AvgIpc) is 2.48. The molecule has 0 heterocycles. The van der Waals surface area contributed by atoms with E-state index in [1.807, 2.05) is 0 Å². The standard InChI is InChI=1S/C16H21BrFNO/c1-11-5-4-8-14(15(11)18)16(20)19-10-13-7-3-2-6-12(13)9-17/h4-5,8,12-13H,2-3,6-7,9-10H2,1H3,(H,19,20). The lowest BCUT2D eigenvalue weighted by molar-refractivity contribution is 0.0932. The van der Waals surface area contributed by atoms with E-state index in [9.17, 15) is 9.18 Å². The van der Waals surface area contributed by atoms with Crippen molar-refractivity contribution < 1.29 is 9.18 Å².